The lowest BCUT2D eigenvalue weighted by Crippen LogP contribution is -2.02. The molecule has 0 aliphatic carbocycles. The predicted octanol–water partition coefficient (Wildman–Crippen LogP) is 3.45. The van der Waals surface area contributed by atoms with Crippen molar-refractivity contribution in [3.05, 3.63) is 65.5 Å². The van der Waals surface area contributed by atoms with E-state index in [1.54, 1.807) is 0 Å². The van der Waals surface area contributed by atoms with E-state index in [0.29, 0.717) is 0 Å². The van der Waals surface area contributed by atoms with Crippen LogP contribution in [0.3, 0.4) is 0 Å². The molecule has 0 aromatic heterocycles. The highest BCUT2D eigenvalue weighted by Gasteiger charge is 2.01. The molecule has 0 aliphatic heterocycles. The van der Waals surface area contributed by atoms with Crippen LogP contribution in [0.25, 0.3) is 0 Å². The number of halogens is 1. The van der Waals surface area contributed by atoms with Gasteiger partial charge in [0.2, 0.25) is 0 Å². The van der Waals surface area contributed by atoms with Gasteiger partial charge in [0.05, 0.1) is 0 Å². The van der Waals surface area contributed by atoms with Gasteiger partial charge in [0.1, 0.15) is 5.82 Å². The summed E-state index contributed by atoms with van der Waals surface area (Å²) >= 11 is 5.06. The molecule has 80 valence electrons. The highest BCUT2D eigenvalue weighted by atomic mass is 32.4. The van der Waals surface area contributed by atoms with Gasteiger partial charge in [-0.2, -0.15) is 0 Å². The summed E-state index contributed by atoms with van der Waals surface area (Å²) in [6.45, 7) is 0. The molecule has 0 saturated heterocycles. The first-order chi connectivity index (χ1) is 7.79. The first kappa shape index (κ1) is 11.4. The van der Waals surface area contributed by atoms with E-state index < -0.39 is 0 Å². The van der Waals surface area contributed by atoms with Gasteiger partial charge in [-0.05, 0) is 35.7 Å². The first-order valence-electron chi connectivity index (χ1n) is 4.95. The van der Waals surface area contributed by atoms with E-state index in [4.69, 9.17) is 11.8 Å². The molecule has 0 bridgehead atoms. The molecule has 0 N–H and O–H groups in total. The molecule has 0 radical (unpaired) electrons. The van der Waals surface area contributed by atoms with E-state index in [1.807, 2.05) is 30.3 Å². The van der Waals surface area contributed by atoms with Gasteiger partial charge in [-0.15, -0.1) is 0 Å². The van der Waals surface area contributed by atoms with Crippen LogP contribution in [-0.4, -0.2) is 0 Å². The maximum absolute atomic E-state index is 12.8. The van der Waals surface area contributed by atoms with Crippen LogP contribution in [0.15, 0.2) is 48.5 Å². The third-order valence-corrected chi connectivity index (χ3v) is 3.62. The molecule has 0 aliphatic rings. The molecule has 0 fully saturated rings. The Hall–Kier alpha value is -1.11. The SMILES string of the molecule is Fc1ccc(Cc2ccccc2P=S)cc1. The Morgan fingerprint density at radius 3 is 2.38 bits per heavy atom. The van der Waals surface area contributed by atoms with Crippen LogP contribution in [0.2, 0.25) is 0 Å². The van der Waals surface area contributed by atoms with Crippen LogP contribution in [0.1, 0.15) is 11.1 Å². The summed E-state index contributed by atoms with van der Waals surface area (Å²) in [6, 6.07) is 14.7. The van der Waals surface area contributed by atoms with Crippen LogP contribution >= 0.6 is 7.36 Å². The summed E-state index contributed by atoms with van der Waals surface area (Å²) in [6.07, 6.45) is 0.806. The lowest BCUT2D eigenvalue weighted by atomic mass is 10.1. The minimum Gasteiger partial charge on any atom is -0.207 e. The zero-order valence-corrected chi connectivity index (χ0v) is 10.3. The van der Waals surface area contributed by atoms with E-state index in [9.17, 15) is 4.39 Å². The second-order valence-corrected chi connectivity index (χ2v) is 4.74. The topological polar surface area (TPSA) is 0 Å². The van der Waals surface area contributed by atoms with Gasteiger partial charge in [-0.3, -0.25) is 0 Å². The zero-order valence-electron chi connectivity index (χ0n) is 8.56. The van der Waals surface area contributed by atoms with Crippen molar-refractivity contribution in [1.29, 1.82) is 0 Å². The van der Waals surface area contributed by atoms with Crippen LogP contribution in [0.5, 0.6) is 0 Å². The molecule has 0 amide bonds. The molecular weight excluding hydrogens is 238 g/mol. The van der Waals surface area contributed by atoms with Crippen molar-refractivity contribution in [2.45, 2.75) is 6.42 Å². The first-order valence-corrected chi connectivity index (χ1v) is 6.86. The predicted molar refractivity (Wildman–Crippen MR) is 69.6 cm³/mol. The summed E-state index contributed by atoms with van der Waals surface area (Å²) in [5.41, 5.74) is 2.32. The monoisotopic (exact) mass is 248 g/mol. The summed E-state index contributed by atoms with van der Waals surface area (Å²) in [4.78, 5) is 0. The Morgan fingerprint density at radius 2 is 1.69 bits per heavy atom. The van der Waals surface area contributed by atoms with Crippen molar-refractivity contribution >= 4 is 24.5 Å². The maximum Gasteiger partial charge on any atom is 0.123 e. The smallest absolute Gasteiger partial charge is 0.123 e. The van der Waals surface area contributed by atoms with Gasteiger partial charge in [-0.25, -0.2) is 4.39 Å². The Bertz CT molecular complexity index is 494. The Labute approximate surface area is 101 Å². The molecule has 0 spiro atoms. The zero-order chi connectivity index (χ0) is 11.4. The lowest BCUT2D eigenvalue weighted by molar-refractivity contribution is 0.627. The standard InChI is InChI=1S/C13H10FPS/c14-12-7-5-10(6-8-12)9-11-3-1-2-4-13(11)15-16/h1-8H,9H2. The average molecular weight is 248 g/mol. The highest BCUT2D eigenvalue weighted by Crippen LogP contribution is 2.11. The second-order valence-electron chi connectivity index (χ2n) is 3.52. The van der Waals surface area contributed by atoms with E-state index in [-0.39, 0.29) is 5.82 Å². The lowest BCUT2D eigenvalue weighted by Gasteiger charge is -2.04. The normalized spacial score (nSPS) is 10.6. The minimum absolute atomic E-state index is 0.196. The van der Waals surface area contributed by atoms with E-state index >= 15 is 0 Å². The quantitative estimate of drug-likeness (QED) is 0.750. The largest absolute Gasteiger partial charge is 0.207 e. The third kappa shape index (κ3) is 2.72. The fourth-order valence-corrected chi connectivity index (χ4v) is 2.52. The van der Waals surface area contributed by atoms with Crippen LogP contribution in [0, 0.1) is 5.82 Å². The van der Waals surface area contributed by atoms with Crippen LogP contribution in [-0.2, 0) is 18.2 Å². The number of rotatable bonds is 3. The summed E-state index contributed by atoms with van der Waals surface area (Å²) < 4.78 is 12.8. The van der Waals surface area contributed by atoms with Gasteiger partial charge in [-0.1, -0.05) is 42.1 Å². The molecule has 0 heterocycles. The molecule has 2 rings (SSSR count). The molecular formula is C13H10FPS. The summed E-state index contributed by atoms with van der Waals surface area (Å²) in [5, 5.41) is 1.15. The molecule has 0 saturated carbocycles. The summed E-state index contributed by atoms with van der Waals surface area (Å²) in [5.74, 6) is -0.196. The van der Waals surface area contributed by atoms with Crippen molar-refractivity contribution in [1.82, 2.24) is 0 Å². The van der Waals surface area contributed by atoms with Crippen molar-refractivity contribution < 1.29 is 4.39 Å². The van der Waals surface area contributed by atoms with E-state index in [0.717, 1.165) is 24.6 Å². The van der Waals surface area contributed by atoms with Gasteiger partial charge >= 0.3 is 0 Å². The van der Waals surface area contributed by atoms with E-state index in [1.165, 1.54) is 17.7 Å². The summed E-state index contributed by atoms with van der Waals surface area (Å²) in [7, 11) is 0.857. The minimum atomic E-state index is -0.196. The van der Waals surface area contributed by atoms with Gasteiger partial charge in [0.15, 0.2) is 0 Å². The molecule has 16 heavy (non-hydrogen) atoms. The molecule has 2 aromatic rings. The molecule has 2 aromatic carbocycles. The van der Waals surface area contributed by atoms with E-state index in [2.05, 4.69) is 6.07 Å². The van der Waals surface area contributed by atoms with Gasteiger partial charge in [0, 0.05) is 12.7 Å². The number of benzene rings is 2. The van der Waals surface area contributed by atoms with Crippen molar-refractivity contribution in [2.24, 2.45) is 0 Å². The van der Waals surface area contributed by atoms with Gasteiger partial charge in [0.25, 0.3) is 0 Å². The third-order valence-electron chi connectivity index (χ3n) is 2.40. The fraction of sp³-hybridized carbons (Fsp3) is 0.0769. The Kier molecular flexibility index (Phi) is 3.76. The van der Waals surface area contributed by atoms with Crippen molar-refractivity contribution in [2.75, 3.05) is 0 Å². The Balaban J connectivity index is 2.26. The van der Waals surface area contributed by atoms with Crippen LogP contribution < -0.4 is 5.30 Å². The fourth-order valence-electron chi connectivity index (χ4n) is 1.57. The molecule has 0 nitrogen and oxygen atoms in total. The van der Waals surface area contributed by atoms with Crippen molar-refractivity contribution in [3.8, 4) is 0 Å². The maximum atomic E-state index is 12.8. The second kappa shape index (κ2) is 5.29. The Morgan fingerprint density at radius 1 is 1.00 bits per heavy atom. The molecule has 3 heteroatoms. The van der Waals surface area contributed by atoms with Crippen LogP contribution in [0.4, 0.5) is 4.39 Å². The number of hydrogen-bond donors (Lipinski definition) is 0. The molecule has 0 atom stereocenters. The van der Waals surface area contributed by atoms with Gasteiger partial charge < -0.3 is 0 Å². The highest BCUT2D eigenvalue weighted by molar-refractivity contribution is 7.99. The molecule has 0 unspecified atom stereocenters. The van der Waals surface area contributed by atoms with Crippen molar-refractivity contribution in [3.63, 3.8) is 0 Å². The average Bonchev–Trinajstić information content (AvgIpc) is 2.33. The number of hydrogen-bond acceptors (Lipinski definition) is 1.